The monoisotopic (exact) mass is 272 g/mol. The molecule has 0 amide bonds. The SMILES string of the molecule is CCCC1CCC(n2c(N)nc3c(C)ccnc32)CC1. The van der Waals surface area contributed by atoms with Crippen LogP contribution in [0.5, 0.6) is 0 Å². The van der Waals surface area contributed by atoms with Crippen LogP contribution in [0.1, 0.15) is 57.1 Å². The number of fused-ring (bicyclic) bond motifs is 1. The number of rotatable bonds is 3. The van der Waals surface area contributed by atoms with Crippen LogP contribution in [0.2, 0.25) is 0 Å². The highest BCUT2D eigenvalue weighted by Gasteiger charge is 2.25. The van der Waals surface area contributed by atoms with Gasteiger partial charge < -0.3 is 5.73 Å². The number of aromatic nitrogens is 3. The number of aryl methyl sites for hydroxylation is 1. The molecule has 0 radical (unpaired) electrons. The van der Waals surface area contributed by atoms with Crippen LogP contribution in [0.25, 0.3) is 11.2 Å². The molecule has 0 saturated heterocycles. The number of imidazole rings is 1. The van der Waals surface area contributed by atoms with E-state index < -0.39 is 0 Å². The lowest BCUT2D eigenvalue weighted by molar-refractivity contribution is 0.267. The van der Waals surface area contributed by atoms with E-state index in [0.29, 0.717) is 12.0 Å². The Hall–Kier alpha value is -1.58. The van der Waals surface area contributed by atoms with Gasteiger partial charge in [0, 0.05) is 12.2 Å². The first-order chi connectivity index (χ1) is 9.70. The molecule has 0 aliphatic heterocycles. The van der Waals surface area contributed by atoms with Crippen molar-refractivity contribution in [1.29, 1.82) is 0 Å². The second kappa shape index (κ2) is 5.43. The van der Waals surface area contributed by atoms with Crippen LogP contribution in [-0.4, -0.2) is 14.5 Å². The number of pyridine rings is 1. The first-order valence-corrected chi connectivity index (χ1v) is 7.79. The second-order valence-corrected chi connectivity index (χ2v) is 6.10. The minimum absolute atomic E-state index is 0.474. The van der Waals surface area contributed by atoms with Gasteiger partial charge in [-0.1, -0.05) is 19.8 Å². The molecule has 1 fully saturated rings. The summed E-state index contributed by atoms with van der Waals surface area (Å²) in [5.41, 5.74) is 9.23. The molecule has 2 N–H and O–H groups in total. The van der Waals surface area contributed by atoms with E-state index in [-0.39, 0.29) is 0 Å². The topological polar surface area (TPSA) is 56.7 Å². The molecular formula is C16H24N4. The smallest absolute Gasteiger partial charge is 0.202 e. The molecule has 0 aromatic carbocycles. The van der Waals surface area contributed by atoms with Crippen molar-refractivity contribution in [2.24, 2.45) is 5.92 Å². The van der Waals surface area contributed by atoms with Gasteiger partial charge in [0.2, 0.25) is 5.95 Å². The zero-order valence-electron chi connectivity index (χ0n) is 12.5. The van der Waals surface area contributed by atoms with Crippen molar-refractivity contribution < 1.29 is 0 Å². The first kappa shape index (κ1) is 13.4. The summed E-state index contributed by atoms with van der Waals surface area (Å²) in [6.07, 6.45) is 9.55. The number of nitrogens with zero attached hydrogens (tertiary/aromatic N) is 3. The molecule has 4 heteroatoms. The Morgan fingerprint density at radius 2 is 2.05 bits per heavy atom. The first-order valence-electron chi connectivity index (χ1n) is 7.79. The molecule has 2 aromatic rings. The molecular weight excluding hydrogens is 248 g/mol. The molecule has 1 aliphatic rings. The quantitative estimate of drug-likeness (QED) is 0.923. The maximum Gasteiger partial charge on any atom is 0.202 e. The van der Waals surface area contributed by atoms with Crippen LogP contribution in [0.15, 0.2) is 12.3 Å². The predicted octanol–water partition coefficient (Wildman–Crippen LogP) is 3.85. The lowest BCUT2D eigenvalue weighted by atomic mass is 9.83. The average molecular weight is 272 g/mol. The van der Waals surface area contributed by atoms with E-state index in [1.165, 1.54) is 38.5 Å². The summed E-state index contributed by atoms with van der Waals surface area (Å²) in [7, 11) is 0. The molecule has 3 rings (SSSR count). The highest BCUT2D eigenvalue weighted by Crippen LogP contribution is 2.37. The molecule has 0 unspecified atom stereocenters. The summed E-state index contributed by atoms with van der Waals surface area (Å²) >= 11 is 0. The molecule has 20 heavy (non-hydrogen) atoms. The number of hydrogen-bond acceptors (Lipinski definition) is 3. The molecule has 0 spiro atoms. The molecule has 2 heterocycles. The number of nitrogen functional groups attached to an aromatic ring is 1. The van der Waals surface area contributed by atoms with Crippen LogP contribution in [0.3, 0.4) is 0 Å². The lowest BCUT2D eigenvalue weighted by Crippen LogP contribution is -2.19. The third-order valence-electron chi connectivity index (χ3n) is 4.69. The summed E-state index contributed by atoms with van der Waals surface area (Å²) in [5, 5.41) is 0. The van der Waals surface area contributed by atoms with Gasteiger partial charge in [0.05, 0.1) is 0 Å². The van der Waals surface area contributed by atoms with Crippen LogP contribution in [0.4, 0.5) is 5.95 Å². The van der Waals surface area contributed by atoms with Crippen LogP contribution >= 0.6 is 0 Å². The summed E-state index contributed by atoms with van der Waals surface area (Å²) in [6, 6.07) is 2.47. The number of nitrogens with two attached hydrogens (primary N) is 1. The van der Waals surface area contributed by atoms with Gasteiger partial charge in [-0.15, -0.1) is 0 Å². The van der Waals surface area contributed by atoms with Gasteiger partial charge in [-0.25, -0.2) is 9.97 Å². The van der Waals surface area contributed by atoms with Crippen molar-refractivity contribution >= 4 is 17.1 Å². The molecule has 108 valence electrons. The van der Waals surface area contributed by atoms with Crippen molar-refractivity contribution in [3.05, 3.63) is 17.8 Å². The third-order valence-corrected chi connectivity index (χ3v) is 4.69. The molecule has 4 nitrogen and oxygen atoms in total. The Balaban J connectivity index is 1.88. The molecule has 0 atom stereocenters. The van der Waals surface area contributed by atoms with Gasteiger partial charge in [0.15, 0.2) is 5.65 Å². The zero-order chi connectivity index (χ0) is 14.1. The van der Waals surface area contributed by atoms with Gasteiger partial charge in [-0.05, 0) is 50.2 Å². The highest BCUT2D eigenvalue weighted by atomic mass is 15.2. The van der Waals surface area contributed by atoms with Gasteiger partial charge in [0.25, 0.3) is 0 Å². The minimum atomic E-state index is 0.474. The summed E-state index contributed by atoms with van der Waals surface area (Å²) in [5.74, 6) is 1.53. The Kier molecular flexibility index (Phi) is 3.64. The number of hydrogen-bond donors (Lipinski definition) is 1. The maximum absolute atomic E-state index is 6.16. The van der Waals surface area contributed by atoms with Crippen molar-refractivity contribution in [1.82, 2.24) is 14.5 Å². The van der Waals surface area contributed by atoms with E-state index >= 15 is 0 Å². The van der Waals surface area contributed by atoms with Crippen LogP contribution in [-0.2, 0) is 0 Å². The van der Waals surface area contributed by atoms with E-state index in [9.17, 15) is 0 Å². The molecule has 1 aliphatic carbocycles. The minimum Gasteiger partial charge on any atom is -0.369 e. The molecule has 0 bridgehead atoms. The van der Waals surface area contributed by atoms with E-state index in [1.807, 2.05) is 12.3 Å². The van der Waals surface area contributed by atoms with Crippen molar-refractivity contribution in [3.8, 4) is 0 Å². The average Bonchev–Trinajstić information content (AvgIpc) is 2.78. The van der Waals surface area contributed by atoms with E-state index in [4.69, 9.17) is 5.73 Å². The normalized spacial score (nSPS) is 23.3. The second-order valence-electron chi connectivity index (χ2n) is 6.10. The van der Waals surface area contributed by atoms with Gasteiger partial charge >= 0.3 is 0 Å². The summed E-state index contributed by atoms with van der Waals surface area (Å²) in [4.78, 5) is 9.04. The highest BCUT2D eigenvalue weighted by molar-refractivity contribution is 5.77. The van der Waals surface area contributed by atoms with E-state index in [0.717, 1.165) is 22.6 Å². The molecule has 1 saturated carbocycles. The summed E-state index contributed by atoms with van der Waals surface area (Å²) < 4.78 is 2.17. The largest absolute Gasteiger partial charge is 0.369 e. The van der Waals surface area contributed by atoms with Gasteiger partial charge in [-0.2, -0.15) is 0 Å². The van der Waals surface area contributed by atoms with Crippen LogP contribution < -0.4 is 5.73 Å². The predicted molar refractivity (Wildman–Crippen MR) is 82.6 cm³/mol. The summed E-state index contributed by atoms with van der Waals surface area (Å²) in [6.45, 7) is 4.35. The van der Waals surface area contributed by atoms with E-state index in [1.54, 1.807) is 0 Å². The standard InChI is InChI=1S/C16H24N4/c1-3-4-12-5-7-13(8-6-12)20-15-14(19-16(20)17)11(2)9-10-18-15/h9-10,12-13H,3-8H2,1-2H3,(H2,17,19). The van der Waals surface area contributed by atoms with Gasteiger partial charge in [0.1, 0.15) is 5.52 Å². The Bertz CT molecular complexity index is 594. The fourth-order valence-electron chi connectivity index (χ4n) is 3.59. The van der Waals surface area contributed by atoms with Crippen molar-refractivity contribution in [2.75, 3.05) is 5.73 Å². The third kappa shape index (κ3) is 2.28. The fourth-order valence-corrected chi connectivity index (χ4v) is 3.59. The van der Waals surface area contributed by atoms with Crippen LogP contribution in [0, 0.1) is 12.8 Å². The maximum atomic E-state index is 6.16. The molecule has 2 aromatic heterocycles. The fraction of sp³-hybridized carbons (Fsp3) is 0.625. The van der Waals surface area contributed by atoms with E-state index in [2.05, 4.69) is 28.4 Å². The zero-order valence-corrected chi connectivity index (χ0v) is 12.5. The van der Waals surface area contributed by atoms with Gasteiger partial charge in [-0.3, -0.25) is 4.57 Å². The lowest BCUT2D eigenvalue weighted by Gasteiger charge is -2.29. The van der Waals surface area contributed by atoms with Crippen molar-refractivity contribution in [3.63, 3.8) is 0 Å². The Morgan fingerprint density at radius 3 is 2.75 bits per heavy atom. The van der Waals surface area contributed by atoms with Crippen molar-refractivity contribution in [2.45, 2.75) is 58.4 Å². The Morgan fingerprint density at radius 1 is 1.30 bits per heavy atom. The Labute approximate surface area is 120 Å². The number of anilines is 1.